The van der Waals surface area contributed by atoms with E-state index in [0.717, 1.165) is 16.7 Å². The highest BCUT2D eigenvalue weighted by atomic mass is 16.7. The van der Waals surface area contributed by atoms with Gasteiger partial charge in [-0.25, -0.2) is 4.79 Å². The maximum Gasteiger partial charge on any atom is 0.319 e. The van der Waals surface area contributed by atoms with Crippen molar-refractivity contribution in [2.75, 3.05) is 11.9 Å². The molecule has 1 aliphatic rings. The van der Waals surface area contributed by atoms with Gasteiger partial charge in [0, 0.05) is 18.1 Å². The largest absolute Gasteiger partial charge is 0.348 e. The zero-order valence-electron chi connectivity index (χ0n) is 17.0. The molecule has 6 heteroatoms. The summed E-state index contributed by atoms with van der Waals surface area (Å²) < 4.78 is 11.9. The Hall–Kier alpha value is -3.22. The van der Waals surface area contributed by atoms with E-state index in [1.54, 1.807) is 6.20 Å². The number of hydrogen-bond donors (Lipinski definition) is 2. The molecule has 0 aliphatic carbocycles. The van der Waals surface area contributed by atoms with Crippen molar-refractivity contribution in [3.63, 3.8) is 0 Å². The highest BCUT2D eigenvalue weighted by Crippen LogP contribution is 2.33. The van der Waals surface area contributed by atoms with Crippen LogP contribution in [0.2, 0.25) is 0 Å². The Morgan fingerprint density at radius 1 is 1.00 bits per heavy atom. The number of rotatable bonds is 4. The number of carbonyl (C=O) groups excluding carboxylic acids is 1. The van der Waals surface area contributed by atoms with Crippen molar-refractivity contribution < 1.29 is 14.3 Å². The van der Waals surface area contributed by atoms with Crippen LogP contribution in [0.1, 0.15) is 25.5 Å². The van der Waals surface area contributed by atoms with Gasteiger partial charge in [0.25, 0.3) is 0 Å². The quantitative estimate of drug-likeness (QED) is 0.659. The molecular formula is C24H25N3O3. The van der Waals surface area contributed by atoms with Crippen LogP contribution in [0.4, 0.5) is 10.5 Å². The van der Waals surface area contributed by atoms with E-state index in [1.165, 1.54) is 0 Å². The van der Waals surface area contributed by atoms with Gasteiger partial charge in [0.05, 0.1) is 12.6 Å². The minimum absolute atomic E-state index is 0.298. The maximum absolute atomic E-state index is 12.6. The fourth-order valence-electron chi connectivity index (χ4n) is 3.48. The number of pyridine rings is 1. The summed E-state index contributed by atoms with van der Waals surface area (Å²) in [7, 11) is 0. The fraction of sp³-hybridized carbons (Fsp3) is 0.250. The number of hydrogen-bond acceptors (Lipinski definition) is 4. The van der Waals surface area contributed by atoms with Gasteiger partial charge in [-0.15, -0.1) is 0 Å². The first kappa shape index (κ1) is 20.1. The molecule has 2 N–H and O–H groups in total. The van der Waals surface area contributed by atoms with E-state index >= 15 is 0 Å². The second kappa shape index (κ2) is 8.65. The predicted molar refractivity (Wildman–Crippen MR) is 116 cm³/mol. The molecule has 154 valence electrons. The lowest BCUT2D eigenvalue weighted by Gasteiger charge is -2.41. The lowest BCUT2D eigenvalue weighted by atomic mass is 10.0. The third-order valence-electron chi connectivity index (χ3n) is 4.97. The molecular weight excluding hydrogens is 378 g/mol. The van der Waals surface area contributed by atoms with Crippen LogP contribution in [0.15, 0.2) is 79.1 Å². The predicted octanol–water partition coefficient (Wildman–Crippen LogP) is 4.76. The molecule has 4 rings (SSSR count). The van der Waals surface area contributed by atoms with Gasteiger partial charge in [0.2, 0.25) is 0 Å². The molecule has 2 heterocycles. The van der Waals surface area contributed by atoms with E-state index in [1.807, 2.05) is 86.8 Å². The Kier molecular flexibility index (Phi) is 5.79. The molecule has 1 aliphatic heterocycles. The number of ether oxygens (including phenoxy) is 2. The molecule has 2 atom stereocenters. The molecule has 1 fully saturated rings. The van der Waals surface area contributed by atoms with Crippen molar-refractivity contribution in [3.8, 4) is 11.1 Å². The van der Waals surface area contributed by atoms with Crippen LogP contribution in [0.5, 0.6) is 0 Å². The summed E-state index contributed by atoms with van der Waals surface area (Å²) in [5.41, 5.74) is 3.77. The van der Waals surface area contributed by atoms with E-state index in [9.17, 15) is 4.79 Å². The summed E-state index contributed by atoms with van der Waals surface area (Å²) in [5, 5.41) is 5.87. The summed E-state index contributed by atoms with van der Waals surface area (Å²) in [6, 6.07) is 20.8. The van der Waals surface area contributed by atoms with Gasteiger partial charge in [-0.2, -0.15) is 0 Å². The third-order valence-corrected chi connectivity index (χ3v) is 4.97. The van der Waals surface area contributed by atoms with Crippen LogP contribution in [0.25, 0.3) is 11.1 Å². The molecule has 2 amide bonds. The Bertz CT molecular complexity index is 976. The molecule has 1 saturated heterocycles. The molecule has 0 saturated carbocycles. The highest BCUT2D eigenvalue weighted by molar-refractivity contribution is 5.89. The minimum Gasteiger partial charge on any atom is -0.348 e. The fourth-order valence-corrected chi connectivity index (χ4v) is 3.48. The van der Waals surface area contributed by atoms with Crippen LogP contribution in [-0.2, 0) is 9.47 Å². The van der Waals surface area contributed by atoms with E-state index in [4.69, 9.17) is 9.47 Å². The molecule has 0 spiro atoms. The van der Waals surface area contributed by atoms with Crippen molar-refractivity contribution in [1.29, 1.82) is 0 Å². The number of anilines is 1. The number of benzene rings is 2. The van der Waals surface area contributed by atoms with Gasteiger partial charge < -0.3 is 20.1 Å². The maximum atomic E-state index is 12.6. The van der Waals surface area contributed by atoms with Crippen molar-refractivity contribution in [3.05, 3.63) is 84.7 Å². The van der Waals surface area contributed by atoms with Crippen LogP contribution in [-0.4, -0.2) is 29.5 Å². The Morgan fingerprint density at radius 3 is 2.47 bits per heavy atom. The minimum atomic E-state index is -0.711. The second-order valence-corrected chi connectivity index (χ2v) is 7.68. The van der Waals surface area contributed by atoms with E-state index in [0.29, 0.717) is 12.3 Å². The van der Waals surface area contributed by atoms with Gasteiger partial charge in [-0.1, -0.05) is 48.5 Å². The Labute approximate surface area is 176 Å². The number of amides is 2. The molecule has 2 aromatic carbocycles. The summed E-state index contributed by atoms with van der Waals surface area (Å²) in [5.74, 6) is -0.711. The average molecular weight is 403 g/mol. The molecule has 0 radical (unpaired) electrons. The van der Waals surface area contributed by atoms with Gasteiger partial charge in [-0.3, -0.25) is 4.98 Å². The van der Waals surface area contributed by atoms with E-state index < -0.39 is 5.79 Å². The van der Waals surface area contributed by atoms with Gasteiger partial charge in [0.1, 0.15) is 6.10 Å². The average Bonchev–Trinajstić information content (AvgIpc) is 2.76. The van der Waals surface area contributed by atoms with Gasteiger partial charge in [-0.05, 0) is 48.7 Å². The molecule has 30 heavy (non-hydrogen) atoms. The van der Waals surface area contributed by atoms with E-state index in [2.05, 4.69) is 15.6 Å². The van der Waals surface area contributed by atoms with Crippen molar-refractivity contribution in [2.24, 2.45) is 0 Å². The van der Waals surface area contributed by atoms with Gasteiger partial charge >= 0.3 is 6.03 Å². The topological polar surface area (TPSA) is 72.5 Å². The Morgan fingerprint density at radius 2 is 1.77 bits per heavy atom. The first-order chi connectivity index (χ1) is 14.5. The summed E-state index contributed by atoms with van der Waals surface area (Å²) >= 11 is 0. The molecule has 0 bridgehead atoms. The summed E-state index contributed by atoms with van der Waals surface area (Å²) in [6.45, 7) is 4.12. The van der Waals surface area contributed by atoms with E-state index in [-0.39, 0.29) is 18.2 Å². The number of carbonyl (C=O) groups is 1. The van der Waals surface area contributed by atoms with Crippen LogP contribution < -0.4 is 10.6 Å². The first-order valence-corrected chi connectivity index (χ1v) is 9.95. The zero-order chi connectivity index (χ0) is 21.0. The first-order valence-electron chi connectivity index (χ1n) is 9.95. The van der Waals surface area contributed by atoms with Crippen LogP contribution >= 0.6 is 0 Å². The molecule has 3 aromatic rings. The van der Waals surface area contributed by atoms with Crippen LogP contribution in [0, 0.1) is 0 Å². The molecule has 6 nitrogen and oxygen atoms in total. The van der Waals surface area contributed by atoms with Crippen molar-refractivity contribution >= 4 is 11.7 Å². The standard InChI is InChI=1S/C24H25N3O3/c1-24(2)29-16-21(22(30-24)18-7-4-3-5-8-18)27-23(28)26-20-12-10-17(11-13-20)19-9-6-14-25-15-19/h3-15,21-22H,16H2,1-2H3,(H2,26,27,28). The number of urea groups is 1. The second-order valence-electron chi connectivity index (χ2n) is 7.68. The van der Waals surface area contributed by atoms with Gasteiger partial charge in [0.15, 0.2) is 5.79 Å². The van der Waals surface area contributed by atoms with Crippen molar-refractivity contribution in [1.82, 2.24) is 10.3 Å². The number of nitrogens with zero attached hydrogens (tertiary/aromatic N) is 1. The summed E-state index contributed by atoms with van der Waals surface area (Å²) in [4.78, 5) is 16.8. The zero-order valence-corrected chi connectivity index (χ0v) is 17.0. The summed E-state index contributed by atoms with van der Waals surface area (Å²) in [6.07, 6.45) is 3.25. The monoisotopic (exact) mass is 403 g/mol. The molecule has 2 unspecified atom stereocenters. The normalized spacial score (nSPS) is 20.3. The lowest BCUT2D eigenvalue weighted by molar-refractivity contribution is -0.284. The Balaban J connectivity index is 1.42. The number of aromatic nitrogens is 1. The smallest absolute Gasteiger partial charge is 0.319 e. The van der Waals surface area contributed by atoms with Crippen LogP contribution in [0.3, 0.4) is 0 Å². The number of nitrogens with one attached hydrogen (secondary N) is 2. The van der Waals surface area contributed by atoms with Crippen molar-refractivity contribution in [2.45, 2.75) is 31.8 Å². The lowest BCUT2D eigenvalue weighted by Crippen LogP contribution is -2.52. The molecule has 1 aromatic heterocycles. The third kappa shape index (κ3) is 4.84. The SMILES string of the molecule is CC1(C)OCC(NC(=O)Nc2ccc(-c3cccnc3)cc2)C(c2ccccc2)O1. The highest BCUT2D eigenvalue weighted by Gasteiger charge is 2.38.